The Balaban J connectivity index is 2.30. The number of rotatable bonds is 6. The molecular weight excluding hydrogens is 300 g/mol. The van der Waals surface area contributed by atoms with Crippen LogP contribution in [-0.2, 0) is 19.1 Å². The van der Waals surface area contributed by atoms with Gasteiger partial charge in [-0.3, -0.25) is 9.59 Å². The Morgan fingerprint density at radius 2 is 1.87 bits per heavy atom. The summed E-state index contributed by atoms with van der Waals surface area (Å²) in [6, 6.07) is -0.178. The highest BCUT2D eigenvalue weighted by Gasteiger charge is 2.34. The molecule has 7 heteroatoms. The van der Waals surface area contributed by atoms with Crippen molar-refractivity contribution in [1.29, 1.82) is 0 Å². The van der Waals surface area contributed by atoms with Gasteiger partial charge in [0.05, 0.1) is 12.5 Å². The van der Waals surface area contributed by atoms with E-state index in [0.717, 1.165) is 19.3 Å². The average Bonchev–Trinajstić information content (AvgIpc) is 2.84. The van der Waals surface area contributed by atoms with Crippen LogP contribution in [0.3, 0.4) is 0 Å². The maximum absolute atomic E-state index is 11.9. The van der Waals surface area contributed by atoms with E-state index < -0.39 is 11.7 Å². The van der Waals surface area contributed by atoms with Gasteiger partial charge in [-0.2, -0.15) is 0 Å². The molecule has 0 aromatic heterocycles. The van der Waals surface area contributed by atoms with Crippen molar-refractivity contribution < 1.29 is 23.9 Å². The lowest BCUT2D eigenvalue weighted by Gasteiger charge is -2.20. The average molecular weight is 328 g/mol. The molecule has 2 N–H and O–H groups in total. The van der Waals surface area contributed by atoms with E-state index in [1.54, 1.807) is 27.7 Å². The van der Waals surface area contributed by atoms with Crippen molar-refractivity contribution in [3.63, 3.8) is 0 Å². The summed E-state index contributed by atoms with van der Waals surface area (Å²) in [7, 11) is 0. The van der Waals surface area contributed by atoms with Crippen molar-refractivity contribution in [2.45, 2.75) is 65.0 Å². The van der Waals surface area contributed by atoms with Gasteiger partial charge in [-0.15, -0.1) is 0 Å². The van der Waals surface area contributed by atoms with E-state index in [9.17, 15) is 14.4 Å². The predicted molar refractivity (Wildman–Crippen MR) is 84.8 cm³/mol. The first-order chi connectivity index (χ1) is 10.7. The molecule has 2 atom stereocenters. The van der Waals surface area contributed by atoms with E-state index in [2.05, 4.69) is 10.6 Å². The first-order valence-corrected chi connectivity index (χ1v) is 8.15. The summed E-state index contributed by atoms with van der Waals surface area (Å²) in [5, 5.41) is 5.39. The van der Waals surface area contributed by atoms with Crippen molar-refractivity contribution in [2.75, 3.05) is 13.2 Å². The third-order valence-corrected chi connectivity index (χ3v) is 3.47. The quantitative estimate of drug-likeness (QED) is 0.725. The fourth-order valence-corrected chi connectivity index (χ4v) is 2.54. The molecule has 0 aromatic carbocycles. The monoisotopic (exact) mass is 328 g/mol. The zero-order valence-corrected chi connectivity index (χ0v) is 14.4. The van der Waals surface area contributed by atoms with Gasteiger partial charge >= 0.3 is 12.1 Å². The minimum Gasteiger partial charge on any atom is -0.466 e. The SMILES string of the molecule is CCOC(=O)[C@@H]1CCC[C@@H]1NC(=O)CCNC(=O)OC(C)(C)C. The third-order valence-electron chi connectivity index (χ3n) is 3.47. The van der Waals surface area contributed by atoms with E-state index in [-0.39, 0.29) is 36.8 Å². The lowest BCUT2D eigenvalue weighted by molar-refractivity contribution is -0.148. The molecule has 1 aliphatic rings. The Hall–Kier alpha value is -1.79. The molecule has 7 nitrogen and oxygen atoms in total. The lowest BCUT2D eigenvalue weighted by atomic mass is 10.0. The molecule has 2 amide bonds. The van der Waals surface area contributed by atoms with Gasteiger partial charge < -0.3 is 20.1 Å². The molecule has 1 aliphatic carbocycles. The molecular formula is C16H28N2O5. The highest BCUT2D eigenvalue weighted by molar-refractivity contribution is 5.79. The maximum atomic E-state index is 11.9. The Labute approximate surface area is 137 Å². The predicted octanol–water partition coefficient (Wildman–Crippen LogP) is 1.75. The second kappa shape index (κ2) is 8.74. The molecule has 0 heterocycles. The lowest BCUT2D eigenvalue weighted by Crippen LogP contribution is -2.42. The van der Waals surface area contributed by atoms with Gasteiger partial charge in [0, 0.05) is 19.0 Å². The minimum atomic E-state index is -0.566. The number of hydrogen-bond acceptors (Lipinski definition) is 5. The number of hydrogen-bond donors (Lipinski definition) is 2. The van der Waals surface area contributed by atoms with Crippen LogP contribution in [0.4, 0.5) is 4.79 Å². The van der Waals surface area contributed by atoms with Crippen LogP contribution in [0, 0.1) is 5.92 Å². The molecule has 132 valence electrons. The normalized spacial score (nSPS) is 20.7. The largest absolute Gasteiger partial charge is 0.466 e. The molecule has 0 bridgehead atoms. The van der Waals surface area contributed by atoms with Crippen LogP contribution in [0.15, 0.2) is 0 Å². The van der Waals surface area contributed by atoms with Crippen LogP contribution in [0.2, 0.25) is 0 Å². The first-order valence-electron chi connectivity index (χ1n) is 8.15. The van der Waals surface area contributed by atoms with Crippen molar-refractivity contribution in [1.82, 2.24) is 10.6 Å². The number of carbonyl (C=O) groups is 3. The van der Waals surface area contributed by atoms with Gasteiger partial charge in [-0.25, -0.2) is 4.79 Å². The van der Waals surface area contributed by atoms with Crippen molar-refractivity contribution in [3.05, 3.63) is 0 Å². The molecule has 0 spiro atoms. The molecule has 23 heavy (non-hydrogen) atoms. The van der Waals surface area contributed by atoms with Gasteiger partial charge in [0.1, 0.15) is 5.60 Å². The van der Waals surface area contributed by atoms with Crippen LogP contribution in [0.5, 0.6) is 0 Å². The second-order valence-corrected chi connectivity index (χ2v) is 6.64. The van der Waals surface area contributed by atoms with Gasteiger partial charge in [0.25, 0.3) is 0 Å². The van der Waals surface area contributed by atoms with Crippen molar-refractivity contribution in [2.24, 2.45) is 5.92 Å². The van der Waals surface area contributed by atoms with E-state index >= 15 is 0 Å². The maximum Gasteiger partial charge on any atom is 0.407 e. The number of amides is 2. The zero-order chi connectivity index (χ0) is 17.5. The highest BCUT2D eigenvalue weighted by Crippen LogP contribution is 2.26. The van der Waals surface area contributed by atoms with Gasteiger partial charge in [-0.05, 0) is 40.5 Å². The molecule has 0 unspecified atom stereocenters. The van der Waals surface area contributed by atoms with E-state index in [4.69, 9.17) is 9.47 Å². The number of alkyl carbamates (subject to hydrolysis) is 1. The van der Waals surface area contributed by atoms with Gasteiger partial charge in [-0.1, -0.05) is 6.42 Å². The van der Waals surface area contributed by atoms with Gasteiger partial charge in [0.15, 0.2) is 0 Å². The number of ether oxygens (including phenoxy) is 2. The molecule has 0 aromatic rings. The second-order valence-electron chi connectivity index (χ2n) is 6.64. The summed E-state index contributed by atoms with van der Waals surface area (Å²) in [4.78, 5) is 35.2. The summed E-state index contributed by atoms with van der Waals surface area (Å²) in [5.74, 6) is -0.706. The van der Waals surface area contributed by atoms with E-state index in [0.29, 0.717) is 6.61 Å². The van der Waals surface area contributed by atoms with E-state index in [1.165, 1.54) is 0 Å². The van der Waals surface area contributed by atoms with Crippen LogP contribution < -0.4 is 10.6 Å². The minimum absolute atomic E-state index is 0.144. The van der Waals surface area contributed by atoms with Crippen molar-refractivity contribution in [3.8, 4) is 0 Å². The van der Waals surface area contributed by atoms with Crippen LogP contribution >= 0.6 is 0 Å². The Morgan fingerprint density at radius 1 is 1.17 bits per heavy atom. The first kappa shape index (κ1) is 19.3. The summed E-state index contributed by atoms with van der Waals surface area (Å²) in [6.07, 6.45) is 2.00. The summed E-state index contributed by atoms with van der Waals surface area (Å²) >= 11 is 0. The van der Waals surface area contributed by atoms with Crippen LogP contribution in [0.25, 0.3) is 0 Å². The topological polar surface area (TPSA) is 93.7 Å². The van der Waals surface area contributed by atoms with Crippen LogP contribution in [-0.4, -0.2) is 42.8 Å². The molecule has 1 fully saturated rings. The molecule has 0 saturated heterocycles. The molecule has 0 aliphatic heterocycles. The summed E-state index contributed by atoms with van der Waals surface area (Å²) in [6.45, 7) is 7.62. The molecule has 0 radical (unpaired) electrons. The fraction of sp³-hybridized carbons (Fsp3) is 0.812. The van der Waals surface area contributed by atoms with E-state index in [1.807, 2.05) is 0 Å². The zero-order valence-electron chi connectivity index (χ0n) is 14.4. The highest BCUT2D eigenvalue weighted by atomic mass is 16.6. The van der Waals surface area contributed by atoms with Crippen molar-refractivity contribution >= 4 is 18.0 Å². The summed E-state index contributed by atoms with van der Waals surface area (Å²) in [5.41, 5.74) is -0.566. The molecule has 1 rings (SSSR count). The number of esters is 1. The number of nitrogens with one attached hydrogen (secondary N) is 2. The fourth-order valence-electron chi connectivity index (χ4n) is 2.54. The Bertz CT molecular complexity index is 431. The van der Waals surface area contributed by atoms with Gasteiger partial charge in [0.2, 0.25) is 5.91 Å². The Kier molecular flexibility index (Phi) is 7.32. The third kappa shape index (κ3) is 7.34. The van der Waals surface area contributed by atoms with Crippen LogP contribution in [0.1, 0.15) is 53.4 Å². The molecule has 1 saturated carbocycles. The number of carbonyl (C=O) groups excluding carboxylic acids is 3. The Morgan fingerprint density at radius 3 is 2.48 bits per heavy atom. The smallest absolute Gasteiger partial charge is 0.407 e. The summed E-state index contributed by atoms with van der Waals surface area (Å²) < 4.78 is 10.1. The standard InChI is InChI=1S/C16H28N2O5/c1-5-22-14(20)11-7-6-8-12(11)18-13(19)9-10-17-15(21)23-16(2,3)4/h11-12H,5-10H2,1-4H3,(H,17,21)(H,18,19)/t11-,12+/m1/s1.